The molecule has 1 atom stereocenters. The van der Waals surface area contributed by atoms with E-state index in [9.17, 15) is 14.9 Å². The van der Waals surface area contributed by atoms with Gasteiger partial charge < -0.3 is 5.32 Å². The van der Waals surface area contributed by atoms with Crippen molar-refractivity contribution in [3.63, 3.8) is 0 Å². The number of imidazole rings is 1. The van der Waals surface area contributed by atoms with Gasteiger partial charge in [-0.15, -0.1) is 22.7 Å². The number of ketones is 1. The lowest BCUT2D eigenvalue weighted by Gasteiger charge is -2.10. The number of carbonyl (C=O) groups is 2. The Kier molecular flexibility index (Phi) is 4.61. The molecule has 0 saturated carbocycles. The topological polar surface area (TPSA) is 87.3 Å². The molecule has 134 valence electrons. The number of nitrogens with one attached hydrogen (secondary N) is 1. The summed E-state index contributed by atoms with van der Waals surface area (Å²) in [7, 11) is 0. The third kappa shape index (κ3) is 3.19. The molecule has 0 bridgehead atoms. The summed E-state index contributed by atoms with van der Waals surface area (Å²) in [5.41, 5.74) is 1.05. The number of aromatic nitrogens is 2. The number of rotatable bonds is 4. The Bertz CT molecular complexity index is 1250. The molecular formula is C17H8Cl2N4O2S2. The fourth-order valence-electron chi connectivity index (χ4n) is 2.54. The van der Waals surface area contributed by atoms with Gasteiger partial charge in [0.05, 0.1) is 27.2 Å². The van der Waals surface area contributed by atoms with Crippen molar-refractivity contribution in [2.45, 2.75) is 0 Å². The third-order valence-electron chi connectivity index (χ3n) is 3.83. The Morgan fingerprint density at radius 3 is 2.85 bits per heavy atom. The van der Waals surface area contributed by atoms with Crippen molar-refractivity contribution in [3.8, 4) is 6.07 Å². The van der Waals surface area contributed by atoms with Gasteiger partial charge in [0.15, 0.2) is 16.7 Å². The van der Waals surface area contributed by atoms with Crippen LogP contribution in [0.3, 0.4) is 0 Å². The number of nitriles is 1. The van der Waals surface area contributed by atoms with E-state index in [0.717, 1.165) is 21.8 Å². The zero-order valence-corrected chi connectivity index (χ0v) is 16.4. The molecule has 27 heavy (non-hydrogen) atoms. The van der Waals surface area contributed by atoms with Gasteiger partial charge in [0.25, 0.3) is 0 Å². The fraction of sp³-hybridized carbons (Fsp3) is 0.0588. The van der Waals surface area contributed by atoms with E-state index in [-0.39, 0.29) is 10.7 Å². The van der Waals surface area contributed by atoms with E-state index in [1.165, 1.54) is 23.5 Å². The molecule has 0 radical (unpaired) electrons. The quantitative estimate of drug-likeness (QED) is 0.366. The molecule has 6 nitrogen and oxygen atoms in total. The molecule has 0 saturated heterocycles. The molecular weight excluding hydrogens is 427 g/mol. The lowest BCUT2D eigenvalue weighted by Crippen LogP contribution is -2.28. The first-order valence-electron chi connectivity index (χ1n) is 7.53. The van der Waals surface area contributed by atoms with Crippen LogP contribution in [0.25, 0.3) is 15.3 Å². The van der Waals surface area contributed by atoms with Crippen LogP contribution < -0.4 is 5.32 Å². The first-order valence-corrected chi connectivity index (χ1v) is 9.98. The summed E-state index contributed by atoms with van der Waals surface area (Å²) in [5.74, 6) is -2.82. The summed E-state index contributed by atoms with van der Waals surface area (Å²) in [6.07, 6.45) is 1.85. The number of anilines is 1. The second-order valence-corrected chi connectivity index (χ2v) is 8.26. The Labute approximate surface area is 170 Å². The second kappa shape index (κ2) is 6.94. The number of hydrogen-bond acceptors (Lipinski definition) is 6. The van der Waals surface area contributed by atoms with Gasteiger partial charge in [-0.2, -0.15) is 5.26 Å². The molecule has 0 spiro atoms. The molecule has 3 aromatic heterocycles. The van der Waals surface area contributed by atoms with Gasteiger partial charge in [0, 0.05) is 16.6 Å². The number of fused-ring (bicyclic) bond motifs is 3. The fourth-order valence-corrected chi connectivity index (χ4v) is 4.77. The highest BCUT2D eigenvalue weighted by Gasteiger charge is 2.30. The molecule has 0 aliphatic heterocycles. The zero-order valence-electron chi connectivity index (χ0n) is 13.3. The maximum absolute atomic E-state index is 12.7. The van der Waals surface area contributed by atoms with Crippen molar-refractivity contribution in [3.05, 3.63) is 50.8 Å². The van der Waals surface area contributed by atoms with E-state index in [1.54, 1.807) is 18.2 Å². The molecule has 0 fully saturated rings. The van der Waals surface area contributed by atoms with Crippen LogP contribution in [0.15, 0.2) is 35.8 Å². The SMILES string of the molecule is N#CC(C(=O)Nc1ccc(Cl)cc1Cl)C(=O)c1cc2c(nc3sccn32)s1. The number of Topliss-reactive ketones (excluding diaryl/α,β-unsaturated/α-hetero) is 1. The van der Waals surface area contributed by atoms with Crippen molar-refractivity contribution in [1.82, 2.24) is 9.38 Å². The first-order chi connectivity index (χ1) is 13.0. The summed E-state index contributed by atoms with van der Waals surface area (Å²) in [5, 5.41) is 14.4. The molecule has 10 heteroatoms. The van der Waals surface area contributed by atoms with Gasteiger partial charge in [-0.1, -0.05) is 23.2 Å². The number of benzene rings is 1. The van der Waals surface area contributed by atoms with Gasteiger partial charge in [-0.05, 0) is 24.3 Å². The monoisotopic (exact) mass is 434 g/mol. The number of amides is 1. The van der Waals surface area contributed by atoms with Gasteiger partial charge in [0.1, 0.15) is 4.83 Å². The van der Waals surface area contributed by atoms with Crippen molar-refractivity contribution < 1.29 is 9.59 Å². The van der Waals surface area contributed by atoms with E-state index >= 15 is 0 Å². The smallest absolute Gasteiger partial charge is 0.249 e. The molecule has 4 aromatic rings. The minimum Gasteiger partial charge on any atom is -0.323 e. The summed E-state index contributed by atoms with van der Waals surface area (Å²) in [6, 6.07) is 7.94. The average molecular weight is 435 g/mol. The largest absolute Gasteiger partial charge is 0.323 e. The number of nitrogens with zero attached hydrogens (tertiary/aromatic N) is 3. The molecule has 1 amide bonds. The van der Waals surface area contributed by atoms with Crippen LogP contribution in [0.1, 0.15) is 9.67 Å². The Balaban J connectivity index is 1.61. The summed E-state index contributed by atoms with van der Waals surface area (Å²) in [4.78, 5) is 31.4. The molecule has 0 aliphatic carbocycles. The number of thiazole rings is 1. The maximum Gasteiger partial charge on any atom is 0.249 e. The minimum absolute atomic E-state index is 0.218. The highest BCUT2D eigenvalue weighted by atomic mass is 35.5. The van der Waals surface area contributed by atoms with E-state index in [1.807, 2.05) is 16.0 Å². The molecule has 1 N–H and O–H groups in total. The average Bonchev–Trinajstić information content (AvgIpc) is 3.30. The first kappa shape index (κ1) is 17.9. The van der Waals surface area contributed by atoms with E-state index in [2.05, 4.69) is 10.3 Å². The summed E-state index contributed by atoms with van der Waals surface area (Å²) >= 11 is 14.5. The second-order valence-electron chi connectivity index (χ2n) is 5.51. The van der Waals surface area contributed by atoms with Crippen LogP contribution >= 0.6 is 45.9 Å². The van der Waals surface area contributed by atoms with Crippen molar-refractivity contribution in [2.75, 3.05) is 5.32 Å². The summed E-state index contributed by atoms with van der Waals surface area (Å²) in [6.45, 7) is 0. The lowest BCUT2D eigenvalue weighted by atomic mass is 10.0. The Morgan fingerprint density at radius 1 is 1.30 bits per heavy atom. The van der Waals surface area contributed by atoms with Gasteiger partial charge in [-0.3, -0.25) is 14.0 Å². The van der Waals surface area contributed by atoms with Crippen molar-refractivity contribution >= 4 is 78.6 Å². The predicted molar refractivity (Wildman–Crippen MR) is 107 cm³/mol. The summed E-state index contributed by atoms with van der Waals surface area (Å²) < 4.78 is 1.86. The van der Waals surface area contributed by atoms with Crippen LogP contribution in [-0.2, 0) is 4.79 Å². The molecule has 3 heterocycles. The normalized spacial score (nSPS) is 12.2. The van der Waals surface area contributed by atoms with E-state index in [4.69, 9.17) is 23.2 Å². The molecule has 0 aliphatic rings. The van der Waals surface area contributed by atoms with Crippen LogP contribution in [0, 0.1) is 17.2 Å². The third-order valence-corrected chi connectivity index (χ3v) is 6.16. The zero-order chi connectivity index (χ0) is 19.1. The highest BCUT2D eigenvalue weighted by Crippen LogP contribution is 2.30. The van der Waals surface area contributed by atoms with E-state index in [0.29, 0.717) is 14.7 Å². The van der Waals surface area contributed by atoms with Crippen LogP contribution in [-0.4, -0.2) is 21.1 Å². The van der Waals surface area contributed by atoms with Crippen LogP contribution in [0.2, 0.25) is 10.0 Å². The van der Waals surface area contributed by atoms with Gasteiger partial charge in [-0.25, -0.2) is 4.98 Å². The number of hydrogen-bond donors (Lipinski definition) is 1. The Morgan fingerprint density at radius 2 is 2.11 bits per heavy atom. The Hall–Kier alpha value is -2.44. The van der Waals surface area contributed by atoms with E-state index < -0.39 is 17.6 Å². The number of halogens is 2. The van der Waals surface area contributed by atoms with Gasteiger partial charge >= 0.3 is 0 Å². The lowest BCUT2D eigenvalue weighted by molar-refractivity contribution is -0.117. The highest BCUT2D eigenvalue weighted by molar-refractivity contribution is 7.21. The van der Waals surface area contributed by atoms with Crippen molar-refractivity contribution in [2.24, 2.45) is 5.92 Å². The number of thiophene rings is 1. The van der Waals surface area contributed by atoms with Crippen molar-refractivity contribution in [1.29, 1.82) is 5.26 Å². The molecule has 1 aromatic carbocycles. The molecule has 4 rings (SSSR count). The van der Waals surface area contributed by atoms with Crippen LogP contribution in [0.5, 0.6) is 0 Å². The number of carbonyl (C=O) groups excluding carboxylic acids is 2. The van der Waals surface area contributed by atoms with Crippen LogP contribution in [0.4, 0.5) is 5.69 Å². The minimum atomic E-state index is -1.50. The van der Waals surface area contributed by atoms with Gasteiger partial charge in [0.2, 0.25) is 5.91 Å². The predicted octanol–water partition coefficient (Wildman–Crippen LogP) is 4.88. The standard InChI is InChI=1S/C17H8Cl2N4O2S2/c18-8-1-2-11(10(19)5-8)21-15(25)9(7-20)14(24)13-6-12-16(27-13)22-17-23(12)3-4-26-17/h1-6,9H,(H,21,25). The molecule has 1 unspecified atom stereocenters. The maximum atomic E-state index is 12.7.